The van der Waals surface area contributed by atoms with Crippen molar-refractivity contribution in [3.8, 4) is 0 Å². The highest BCUT2D eigenvalue weighted by Crippen LogP contribution is 2.06. The van der Waals surface area contributed by atoms with Gasteiger partial charge in [0.05, 0.1) is 13.2 Å². The van der Waals surface area contributed by atoms with Gasteiger partial charge in [-0.2, -0.15) is 0 Å². The van der Waals surface area contributed by atoms with Gasteiger partial charge in [0.15, 0.2) is 0 Å². The van der Waals surface area contributed by atoms with Gasteiger partial charge in [0.1, 0.15) is 24.4 Å². The minimum Gasteiger partial charge on any atom is -0.394 e. The summed E-state index contributed by atoms with van der Waals surface area (Å²) in [6.45, 7) is -1.31. The van der Waals surface area contributed by atoms with E-state index in [0.717, 1.165) is 0 Å². The summed E-state index contributed by atoms with van der Waals surface area (Å²) >= 11 is 0. The van der Waals surface area contributed by atoms with Gasteiger partial charge in [0.25, 0.3) is 0 Å². The Balaban J connectivity index is 4.13. The molecule has 0 aliphatic heterocycles. The van der Waals surface area contributed by atoms with Gasteiger partial charge >= 0.3 is 0 Å². The normalized spacial score (nSPS) is 20.8. The van der Waals surface area contributed by atoms with Crippen LogP contribution in [0.15, 0.2) is 0 Å². The Morgan fingerprint density at radius 2 is 1.54 bits per heavy atom. The van der Waals surface area contributed by atoms with Crippen LogP contribution in [-0.2, 0) is 4.84 Å². The topological polar surface area (TPSA) is 136 Å². The Bertz CT molecular complexity index is 130. The maximum absolute atomic E-state index is 9.19. The van der Waals surface area contributed by atoms with Crippen LogP contribution in [0.3, 0.4) is 0 Å². The zero-order chi connectivity index (χ0) is 10.4. The van der Waals surface area contributed by atoms with Gasteiger partial charge in [-0.15, -0.1) is 0 Å². The molecular formula is C6H15NO6. The van der Waals surface area contributed by atoms with Gasteiger partial charge in [0.2, 0.25) is 0 Å². The van der Waals surface area contributed by atoms with Crippen LogP contribution in [0.1, 0.15) is 0 Å². The molecule has 80 valence electrons. The summed E-state index contributed by atoms with van der Waals surface area (Å²) in [5, 5.41) is 44.2. The highest BCUT2D eigenvalue weighted by molar-refractivity contribution is 4.80. The van der Waals surface area contributed by atoms with Gasteiger partial charge in [-0.25, -0.2) is 5.90 Å². The van der Waals surface area contributed by atoms with Crippen molar-refractivity contribution >= 4 is 0 Å². The maximum Gasteiger partial charge on any atom is 0.130 e. The molecule has 7 nitrogen and oxygen atoms in total. The van der Waals surface area contributed by atoms with E-state index in [-0.39, 0.29) is 0 Å². The largest absolute Gasteiger partial charge is 0.394 e. The van der Waals surface area contributed by atoms with E-state index in [1.54, 1.807) is 0 Å². The predicted octanol–water partition coefficient (Wildman–Crippen LogP) is -3.69. The predicted molar refractivity (Wildman–Crippen MR) is 41.3 cm³/mol. The molecule has 0 amide bonds. The molecule has 0 saturated heterocycles. The highest BCUT2D eigenvalue weighted by atomic mass is 16.6. The second-order valence-electron chi connectivity index (χ2n) is 2.59. The van der Waals surface area contributed by atoms with E-state index in [4.69, 9.17) is 20.4 Å². The van der Waals surface area contributed by atoms with E-state index < -0.39 is 37.6 Å². The van der Waals surface area contributed by atoms with Crippen molar-refractivity contribution in [2.75, 3.05) is 13.2 Å². The van der Waals surface area contributed by atoms with Crippen LogP contribution in [-0.4, -0.2) is 63.2 Å². The van der Waals surface area contributed by atoms with Crippen molar-refractivity contribution < 1.29 is 30.4 Å². The molecule has 0 unspecified atom stereocenters. The van der Waals surface area contributed by atoms with Gasteiger partial charge in [-0.3, -0.25) is 4.84 Å². The molecule has 4 atom stereocenters. The molecule has 0 saturated carbocycles. The number of hydrogen-bond donors (Lipinski definition) is 6. The van der Waals surface area contributed by atoms with E-state index in [1.807, 2.05) is 0 Å². The van der Waals surface area contributed by atoms with E-state index >= 15 is 0 Å². The molecule has 7 N–H and O–H groups in total. The summed E-state index contributed by atoms with van der Waals surface area (Å²) in [6.07, 6.45) is -5.88. The lowest BCUT2D eigenvalue weighted by Crippen LogP contribution is -2.48. The van der Waals surface area contributed by atoms with Crippen molar-refractivity contribution in [2.24, 2.45) is 5.90 Å². The second kappa shape index (κ2) is 6.22. The Kier molecular flexibility index (Phi) is 6.08. The third kappa shape index (κ3) is 3.53. The SMILES string of the molecule is NO[C@H](CO)[C@@H](O)[C@H](O)[C@H](O)CO. The first kappa shape index (κ1) is 12.7. The number of rotatable bonds is 6. The third-order valence-corrected chi connectivity index (χ3v) is 1.67. The van der Waals surface area contributed by atoms with Crippen LogP contribution in [0.2, 0.25) is 0 Å². The quantitative estimate of drug-likeness (QED) is 0.241. The molecule has 0 bridgehead atoms. The minimum atomic E-state index is -1.62. The van der Waals surface area contributed by atoms with Crippen LogP contribution < -0.4 is 5.90 Å². The Morgan fingerprint density at radius 1 is 1.00 bits per heavy atom. The number of aliphatic hydroxyl groups excluding tert-OH is 5. The first-order chi connectivity index (χ1) is 6.08. The van der Waals surface area contributed by atoms with E-state index in [1.165, 1.54) is 0 Å². The second-order valence-corrected chi connectivity index (χ2v) is 2.59. The summed E-state index contributed by atoms with van der Waals surface area (Å²) in [5.74, 6) is 4.69. The molecular weight excluding hydrogens is 182 g/mol. The number of nitrogens with two attached hydrogens (primary N) is 1. The van der Waals surface area contributed by atoms with Gasteiger partial charge in [-0.1, -0.05) is 0 Å². The van der Waals surface area contributed by atoms with Gasteiger partial charge in [0, 0.05) is 0 Å². The molecule has 0 heterocycles. The fourth-order valence-corrected chi connectivity index (χ4v) is 0.787. The molecule has 0 aliphatic carbocycles. The average Bonchev–Trinajstić information content (AvgIpc) is 2.17. The Hall–Kier alpha value is -0.280. The molecule has 0 aromatic carbocycles. The monoisotopic (exact) mass is 197 g/mol. The van der Waals surface area contributed by atoms with E-state index in [9.17, 15) is 5.11 Å². The molecule has 0 aliphatic rings. The zero-order valence-corrected chi connectivity index (χ0v) is 6.95. The van der Waals surface area contributed by atoms with Gasteiger partial charge in [-0.05, 0) is 0 Å². The van der Waals surface area contributed by atoms with Crippen LogP contribution in [0.5, 0.6) is 0 Å². The van der Waals surface area contributed by atoms with Crippen molar-refractivity contribution in [1.29, 1.82) is 0 Å². The summed E-state index contributed by atoms with van der Waals surface area (Å²) in [5.41, 5.74) is 0. The lowest BCUT2D eigenvalue weighted by molar-refractivity contribution is -0.142. The summed E-state index contributed by atoms with van der Waals surface area (Å²) < 4.78 is 0. The average molecular weight is 197 g/mol. The zero-order valence-electron chi connectivity index (χ0n) is 6.95. The summed E-state index contributed by atoms with van der Waals surface area (Å²) in [6, 6.07) is 0. The lowest BCUT2D eigenvalue weighted by atomic mass is 10.0. The molecule has 0 aromatic rings. The van der Waals surface area contributed by atoms with Crippen molar-refractivity contribution in [3.05, 3.63) is 0 Å². The van der Waals surface area contributed by atoms with Crippen LogP contribution in [0.25, 0.3) is 0 Å². The highest BCUT2D eigenvalue weighted by Gasteiger charge is 2.31. The standard InChI is InChI=1S/C6H15NO6/c7-13-4(2-9)6(12)5(11)3(10)1-8/h3-6,8-12H,1-2,7H2/t3-,4-,5-,6-/m1/s1. The fourth-order valence-electron chi connectivity index (χ4n) is 0.787. The molecule has 0 fully saturated rings. The van der Waals surface area contributed by atoms with Crippen molar-refractivity contribution in [3.63, 3.8) is 0 Å². The number of hydrogen-bond acceptors (Lipinski definition) is 7. The van der Waals surface area contributed by atoms with E-state index in [2.05, 4.69) is 10.7 Å². The van der Waals surface area contributed by atoms with E-state index in [0.29, 0.717) is 0 Å². The molecule has 7 heteroatoms. The summed E-state index contributed by atoms with van der Waals surface area (Å²) in [4.78, 5) is 4.12. The maximum atomic E-state index is 9.19. The van der Waals surface area contributed by atoms with Crippen molar-refractivity contribution in [1.82, 2.24) is 0 Å². The Morgan fingerprint density at radius 3 is 1.85 bits per heavy atom. The Labute approximate surface area is 74.9 Å². The smallest absolute Gasteiger partial charge is 0.130 e. The molecule has 0 rings (SSSR count). The van der Waals surface area contributed by atoms with Crippen molar-refractivity contribution in [2.45, 2.75) is 24.4 Å². The van der Waals surface area contributed by atoms with Crippen LogP contribution in [0, 0.1) is 0 Å². The fraction of sp³-hybridized carbons (Fsp3) is 1.00. The summed E-state index contributed by atoms with van der Waals surface area (Å²) in [7, 11) is 0. The lowest BCUT2D eigenvalue weighted by Gasteiger charge is -2.25. The molecule has 0 spiro atoms. The molecule has 0 aromatic heterocycles. The molecule has 0 radical (unpaired) electrons. The third-order valence-electron chi connectivity index (χ3n) is 1.67. The first-order valence-corrected chi connectivity index (χ1v) is 3.69. The first-order valence-electron chi connectivity index (χ1n) is 3.69. The van der Waals surface area contributed by atoms with Crippen LogP contribution in [0.4, 0.5) is 0 Å². The minimum absolute atomic E-state index is 0.604. The molecule has 13 heavy (non-hydrogen) atoms. The van der Waals surface area contributed by atoms with Crippen LogP contribution >= 0.6 is 0 Å². The number of aliphatic hydroxyl groups is 5. The van der Waals surface area contributed by atoms with Gasteiger partial charge < -0.3 is 25.5 Å².